The van der Waals surface area contributed by atoms with Crippen molar-refractivity contribution in [1.82, 2.24) is 0 Å². The summed E-state index contributed by atoms with van der Waals surface area (Å²) in [5.74, 6) is -0.780. The highest BCUT2D eigenvalue weighted by molar-refractivity contribution is 6.68. The van der Waals surface area contributed by atoms with Gasteiger partial charge >= 0.3 is 0 Å². The Hall–Kier alpha value is -4.19. The Kier molecular flexibility index (Phi) is 7.11. The Morgan fingerprint density at radius 1 is 0.867 bits per heavy atom. The average molecular weight is 399 g/mol. The minimum absolute atomic E-state index is 0.451. The third-order valence-electron chi connectivity index (χ3n) is 4.07. The molecule has 6 heteroatoms. The van der Waals surface area contributed by atoms with Gasteiger partial charge in [-0.3, -0.25) is 15.0 Å². The molecule has 0 heterocycles. The van der Waals surface area contributed by atoms with Crippen LogP contribution in [0.15, 0.2) is 97.2 Å². The van der Waals surface area contributed by atoms with Gasteiger partial charge in [0.15, 0.2) is 5.71 Å². The van der Waals surface area contributed by atoms with Crippen LogP contribution >= 0.6 is 0 Å². The molecule has 0 saturated carbocycles. The molecular weight excluding hydrogens is 378 g/mol. The van der Waals surface area contributed by atoms with Crippen LogP contribution in [0.1, 0.15) is 5.56 Å². The number of hydrogen-bond acceptors (Lipinski definition) is 5. The van der Waals surface area contributed by atoms with Gasteiger partial charge in [-0.1, -0.05) is 54.6 Å². The summed E-state index contributed by atoms with van der Waals surface area (Å²) in [6.07, 6.45) is 2.54. The summed E-state index contributed by atoms with van der Waals surface area (Å²) < 4.78 is 5.77. The maximum Gasteiger partial charge on any atom is 0.277 e. The van der Waals surface area contributed by atoms with Crippen LogP contribution in [-0.4, -0.2) is 17.4 Å². The first kappa shape index (κ1) is 20.5. The number of ketones is 1. The summed E-state index contributed by atoms with van der Waals surface area (Å²) in [5, 5.41) is 13.2. The van der Waals surface area contributed by atoms with Crippen LogP contribution in [0.3, 0.4) is 0 Å². The number of carbonyl (C=O) groups excluding carboxylic acids is 2. The third kappa shape index (κ3) is 6.17. The Balaban J connectivity index is 1.51. The van der Waals surface area contributed by atoms with Gasteiger partial charge in [0, 0.05) is 29.7 Å². The fourth-order valence-electron chi connectivity index (χ4n) is 2.54. The lowest BCUT2D eigenvalue weighted by molar-refractivity contribution is -0.113. The Bertz CT molecular complexity index is 1050. The zero-order valence-electron chi connectivity index (χ0n) is 16.2. The van der Waals surface area contributed by atoms with Crippen LogP contribution in [0.2, 0.25) is 0 Å². The summed E-state index contributed by atoms with van der Waals surface area (Å²) in [7, 11) is 0. The normalized spacial score (nSPS) is 10.4. The molecule has 0 aromatic heterocycles. The number of amides is 1. The first-order valence-corrected chi connectivity index (χ1v) is 9.31. The van der Waals surface area contributed by atoms with Crippen molar-refractivity contribution in [2.45, 2.75) is 6.61 Å². The van der Waals surface area contributed by atoms with E-state index in [2.05, 4.69) is 10.6 Å². The minimum atomic E-state index is -0.757. The molecule has 0 saturated heterocycles. The van der Waals surface area contributed by atoms with Gasteiger partial charge in [0.1, 0.15) is 12.4 Å². The molecule has 0 unspecified atom stereocenters. The summed E-state index contributed by atoms with van der Waals surface area (Å²) in [6.45, 7) is 0.451. The van der Waals surface area contributed by atoms with Crippen molar-refractivity contribution in [3.8, 4) is 5.75 Å². The number of nitrogens with one attached hydrogen (secondary N) is 3. The second-order valence-electron chi connectivity index (χ2n) is 6.34. The molecule has 150 valence electrons. The summed E-state index contributed by atoms with van der Waals surface area (Å²) in [5.41, 5.74) is 1.66. The van der Waals surface area contributed by atoms with Crippen LogP contribution in [0.4, 0.5) is 11.4 Å². The summed E-state index contributed by atoms with van der Waals surface area (Å²) in [6, 6.07) is 25.8. The lowest BCUT2D eigenvalue weighted by Gasteiger charge is -2.08. The van der Waals surface area contributed by atoms with E-state index in [4.69, 9.17) is 10.1 Å². The van der Waals surface area contributed by atoms with Crippen molar-refractivity contribution in [3.63, 3.8) is 0 Å². The Morgan fingerprint density at radius 2 is 1.53 bits per heavy atom. The van der Waals surface area contributed by atoms with Crippen molar-refractivity contribution in [3.05, 3.63) is 103 Å². The predicted molar refractivity (Wildman–Crippen MR) is 118 cm³/mol. The molecule has 0 fully saturated rings. The number of para-hydroxylation sites is 1. The van der Waals surface area contributed by atoms with E-state index in [0.717, 1.165) is 11.6 Å². The molecule has 0 atom stereocenters. The quantitative estimate of drug-likeness (QED) is 0.282. The summed E-state index contributed by atoms with van der Waals surface area (Å²) >= 11 is 0. The number of anilines is 2. The van der Waals surface area contributed by atoms with Crippen molar-refractivity contribution < 1.29 is 14.3 Å². The third-order valence-corrected chi connectivity index (χ3v) is 4.07. The van der Waals surface area contributed by atoms with Crippen LogP contribution in [-0.2, 0) is 16.2 Å². The number of rotatable bonds is 9. The molecule has 6 nitrogen and oxygen atoms in total. The van der Waals surface area contributed by atoms with Gasteiger partial charge < -0.3 is 15.4 Å². The van der Waals surface area contributed by atoms with Gasteiger partial charge in [0.25, 0.3) is 5.91 Å². The lowest BCUT2D eigenvalue weighted by Crippen LogP contribution is -2.28. The van der Waals surface area contributed by atoms with E-state index < -0.39 is 17.4 Å². The number of benzene rings is 3. The zero-order valence-corrected chi connectivity index (χ0v) is 16.2. The molecule has 3 aromatic carbocycles. The summed E-state index contributed by atoms with van der Waals surface area (Å²) in [4.78, 5) is 24.0. The second-order valence-corrected chi connectivity index (χ2v) is 6.34. The van der Waals surface area contributed by atoms with E-state index in [1.54, 1.807) is 30.3 Å². The number of ether oxygens (including phenoxy) is 1. The van der Waals surface area contributed by atoms with Gasteiger partial charge in [-0.2, -0.15) is 0 Å². The fourth-order valence-corrected chi connectivity index (χ4v) is 2.54. The molecule has 3 rings (SSSR count). The molecule has 3 aromatic rings. The number of hydrogen-bond donors (Lipinski definition) is 3. The van der Waals surface area contributed by atoms with Gasteiger partial charge in [0.05, 0.1) is 0 Å². The van der Waals surface area contributed by atoms with Gasteiger partial charge in [-0.25, -0.2) is 0 Å². The maximum atomic E-state index is 12.1. The second kappa shape index (κ2) is 10.4. The van der Waals surface area contributed by atoms with E-state index in [1.807, 2.05) is 54.6 Å². The molecule has 0 radical (unpaired) electrons. The molecular formula is C24H21N3O3. The van der Waals surface area contributed by atoms with Crippen molar-refractivity contribution in [2.75, 3.05) is 10.6 Å². The Morgan fingerprint density at radius 3 is 2.27 bits per heavy atom. The van der Waals surface area contributed by atoms with Crippen LogP contribution in [0.25, 0.3) is 0 Å². The van der Waals surface area contributed by atoms with Crippen LogP contribution < -0.4 is 15.4 Å². The predicted octanol–water partition coefficient (Wildman–Crippen LogP) is 4.42. The largest absolute Gasteiger partial charge is 0.489 e. The highest BCUT2D eigenvalue weighted by Crippen LogP contribution is 2.18. The van der Waals surface area contributed by atoms with Gasteiger partial charge in [0.2, 0.25) is 5.78 Å². The first-order valence-electron chi connectivity index (χ1n) is 9.31. The fraction of sp³-hybridized carbons (Fsp3) is 0.0417. The topological polar surface area (TPSA) is 91.3 Å². The van der Waals surface area contributed by atoms with E-state index in [-0.39, 0.29) is 0 Å². The highest BCUT2D eigenvalue weighted by Gasteiger charge is 2.15. The van der Waals surface area contributed by atoms with Gasteiger partial charge in [-0.15, -0.1) is 0 Å². The Labute approximate surface area is 174 Å². The SMILES string of the molecule is N=C(C(=O)/C=C\Nc1cccc(OCc2ccccc2)c1)C(=O)Nc1ccccc1. The minimum Gasteiger partial charge on any atom is -0.489 e. The zero-order chi connectivity index (χ0) is 21.2. The number of carbonyl (C=O) groups is 2. The van der Waals surface area contributed by atoms with E-state index in [0.29, 0.717) is 23.7 Å². The average Bonchev–Trinajstić information content (AvgIpc) is 2.79. The molecule has 1 amide bonds. The van der Waals surface area contributed by atoms with Crippen LogP contribution in [0, 0.1) is 5.41 Å². The van der Waals surface area contributed by atoms with Crippen molar-refractivity contribution >= 4 is 28.8 Å². The number of allylic oxidation sites excluding steroid dienone is 1. The van der Waals surface area contributed by atoms with Crippen molar-refractivity contribution in [2.24, 2.45) is 0 Å². The smallest absolute Gasteiger partial charge is 0.277 e. The maximum absolute atomic E-state index is 12.1. The molecule has 3 N–H and O–H groups in total. The first-order chi connectivity index (χ1) is 14.6. The lowest BCUT2D eigenvalue weighted by atomic mass is 10.2. The monoisotopic (exact) mass is 399 g/mol. The van der Waals surface area contributed by atoms with E-state index in [1.165, 1.54) is 6.20 Å². The molecule has 0 aliphatic rings. The van der Waals surface area contributed by atoms with Gasteiger partial charge in [-0.05, 0) is 29.8 Å². The molecule has 0 aliphatic heterocycles. The van der Waals surface area contributed by atoms with Crippen LogP contribution in [0.5, 0.6) is 5.75 Å². The van der Waals surface area contributed by atoms with Crippen molar-refractivity contribution in [1.29, 1.82) is 5.41 Å². The standard InChI is InChI=1S/C24H21N3O3/c25-23(24(29)27-19-10-5-2-6-11-19)22(28)14-15-26-20-12-7-13-21(16-20)30-17-18-8-3-1-4-9-18/h1-16,25-26H,17H2,(H,27,29)/b15-14-,25-23?. The van der Waals surface area contributed by atoms with E-state index in [9.17, 15) is 9.59 Å². The molecule has 0 aliphatic carbocycles. The molecule has 30 heavy (non-hydrogen) atoms. The highest BCUT2D eigenvalue weighted by atomic mass is 16.5. The van der Waals surface area contributed by atoms with E-state index >= 15 is 0 Å². The molecule has 0 bridgehead atoms. The molecule has 0 spiro atoms.